The number of rotatable bonds is 4. The summed E-state index contributed by atoms with van der Waals surface area (Å²) in [6, 6.07) is 3.79. The molecule has 0 aliphatic heterocycles. The second kappa shape index (κ2) is 5.44. The predicted octanol–water partition coefficient (Wildman–Crippen LogP) is 1.81. The lowest BCUT2D eigenvalue weighted by molar-refractivity contribution is 0.0953. The molecular weight excluding hydrogens is 280 g/mol. The molecule has 0 unspecified atom stereocenters. The molecule has 0 saturated heterocycles. The number of amides is 1. The summed E-state index contributed by atoms with van der Waals surface area (Å²) in [7, 11) is 0. The fourth-order valence-corrected chi connectivity index (χ4v) is 2.80. The van der Waals surface area contributed by atoms with E-state index in [-0.39, 0.29) is 10.9 Å². The quantitative estimate of drug-likeness (QED) is 0.899. The highest BCUT2D eigenvalue weighted by Crippen LogP contribution is 2.21. The van der Waals surface area contributed by atoms with Gasteiger partial charge in [-0.25, -0.2) is 0 Å². The zero-order valence-corrected chi connectivity index (χ0v) is 11.0. The first-order valence-electron chi connectivity index (χ1n) is 4.76. The van der Waals surface area contributed by atoms with Crippen LogP contribution in [0.2, 0.25) is 4.34 Å². The Balaban J connectivity index is 1.81. The van der Waals surface area contributed by atoms with Crippen LogP contribution < -0.4 is 11.1 Å². The highest BCUT2D eigenvalue weighted by Gasteiger charge is 2.10. The van der Waals surface area contributed by atoms with Crippen molar-refractivity contribution in [3.05, 3.63) is 26.4 Å². The van der Waals surface area contributed by atoms with E-state index < -0.39 is 0 Å². The second-order valence-corrected chi connectivity index (χ2v) is 5.97. The highest BCUT2D eigenvalue weighted by molar-refractivity contribution is 7.17. The van der Waals surface area contributed by atoms with Crippen molar-refractivity contribution in [2.24, 2.45) is 0 Å². The van der Waals surface area contributed by atoms with Gasteiger partial charge in [0.2, 0.25) is 10.1 Å². The average molecular weight is 289 g/mol. The third-order valence-corrected chi connectivity index (χ3v) is 3.96. The largest absolute Gasteiger partial charge is 0.374 e. The maximum absolute atomic E-state index is 11.6. The van der Waals surface area contributed by atoms with E-state index in [1.54, 1.807) is 0 Å². The first kappa shape index (κ1) is 12.3. The summed E-state index contributed by atoms with van der Waals surface area (Å²) in [4.78, 5) is 12.7. The Morgan fingerprint density at radius 3 is 2.82 bits per heavy atom. The van der Waals surface area contributed by atoms with Gasteiger partial charge in [0.25, 0.3) is 5.91 Å². The molecule has 0 radical (unpaired) electrons. The number of thiophene rings is 1. The minimum Gasteiger partial charge on any atom is -0.374 e. The molecule has 0 atom stereocenters. The minimum atomic E-state index is -0.248. The lowest BCUT2D eigenvalue weighted by Gasteiger charge is -2.00. The number of anilines is 1. The van der Waals surface area contributed by atoms with Crippen molar-refractivity contribution in [2.75, 3.05) is 12.3 Å². The number of hydrogen-bond donors (Lipinski definition) is 2. The van der Waals surface area contributed by atoms with Gasteiger partial charge >= 0.3 is 0 Å². The van der Waals surface area contributed by atoms with E-state index in [9.17, 15) is 4.79 Å². The van der Waals surface area contributed by atoms with Crippen molar-refractivity contribution in [3.63, 3.8) is 0 Å². The van der Waals surface area contributed by atoms with Gasteiger partial charge in [0.05, 0.1) is 4.34 Å². The van der Waals surface area contributed by atoms with Gasteiger partial charge in [-0.05, 0) is 18.6 Å². The Bertz CT molecular complexity index is 525. The molecule has 1 amide bonds. The van der Waals surface area contributed by atoms with Crippen LogP contribution in [-0.4, -0.2) is 22.6 Å². The molecule has 3 N–H and O–H groups in total. The molecule has 2 rings (SSSR count). The maximum atomic E-state index is 11.6. The smallest absolute Gasteiger partial charge is 0.282 e. The molecule has 2 aromatic heterocycles. The second-order valence-electron chi connectivity index (χ2n) is 3.16. The number of hydrogen-bond acceptors (Lipinski definition) is 6. The van der Waals surface area contributed by atoms with Gasteiger partial charge in [0.1, 0.15) is 0 Å². The van der Waals surface area contributed by atoms with Crippen LogP contribution in [-0.2, 0) is 6.42 Å². The van der Waals surface area contributed by atoms with Gasteiger partial charge in [-0.1, -0.05) is 22.9 Å². The van der Waals surface area contributed by atoms with Gasteiger partial charge in [0, 0.05) is 11.4 Å². The Hall–Kier alpha value is -1.18. The van der Waals surface area contributed by atoms with Crippen molar-refractivity contribution >= 4 is 45.3 Å². The van der Waals surface area contributed by atoms with E-state index in [2.05, 4.69) is 15.5 Å². The Kier molecular flexibility index (Phi) is 3.93. The lowest BCUT2D eigenvalue weighted by atomic mass is 10.3. The third kappa shape index (κ3) is 3.39. The molecule has 0 bridgehead atoms. The number of halogens is 1. The lowest BCUT2D eigenvalue weighted by Crippen LogP contribution is -2.25. The van der Waals surface area contributed by atoms with Crippen molar-refractivity contribution in [1.82, 2.24) is 15.5 Å². The van der Waals surface area contributed by atoms with Crippen LogP contribution in [0.4, 0.5) is 5.13 Å². The van der Waals surface area contributed by atoms with E-state index in [4.69, 9.17) is 17.3 Å². The SMILES string of the molecule is Nc1nnc(C(=O)NCCc2ccc(Cl)s2)s1. The third-order valence-electron chi connectivity index (χ3n) is 1.92. The van der Waals surface area contributed by atoms with Gasteiger partial charge < -0.3 is 11.1 Å². The number of nitrogens with two attached hydrogens (primary N) is 1. The first-order valence-corrected chi connectivity index (χ1v) is 6.77. The van der Waals surface area contributed by atoms with Gasteiger partial charge in [-0.3, -0.25) is 4.79 Å². The van der Waals surface area contributed by atoms with E-state index in [1.807, 2.05) is 12.1 Å². The summed E-state index contributed by atoms with van der Waals surface area (Å²) < 4.78 is 0.753. The number of aromatic nitrogens is 2. The molecule has 0 aromatic carbocycles. The molecule has 8 heteroatoms. The summed E-state index contributed by atoms with van der Waals surface area (Å²) >= 11 is 8.38. The summed E-state index contributed by atoms with van der Waals surface area (Å²) in [5.41, 5.74) is 5.39. The molecule has 0 aliphatic rings. The Morgan fingerprint density at radius 2 is 2.24 bits per heavy atom. The molecule has 2 heterocycles. The molecule has 0 fully saturated rings. The summed E-state index contributed by atoms with van der Waals surface area (Å²) in [5.74, 6) is -0.248. The molecule has 5 nitrogen and oxygen atoms in total. The summed E-state index contributed by atoms with van der Waals surface area (Å²) in [6.45, 7) is 0.537. The molecular formula is C9H9ClN4OS2. The minimum absolute atomic E-state index is 0.248. The number of carbonyl (C=O) groups excluding carboxylic acids is 1. The molecule has 0 saturated carbocycles. The van der Waals surface area contributed by atoms with Crippen molar-refractivity contribution in [1.29, 1.82) is 0 Å². The average Bonchev–Trinajstić information content (AvgIpc) is 2.88. The van der Waals surface area contributed by atoms with Crippen LogP contribution in [0.15, 0.2) is 12.1 Å². The molecule has 90 valence electrons. The maximum Gasteiger partial charge on any atom is 0.282 e. The summed E-state index contributed by atoms with van der Waals surface area (Å²) in [5, 5.41) is 10.6. The number of nitrogen functional groups attached to an aromatic ring is 1. The standard InChI is InChI=1S/C9H9ClN4OS2/c10-6-2-1-5(16-6)3-4-12-7(15)8-13-14-9(11)17-8/h1-2H,3-4H2,(H2,11,14)(H,12,15). The van der Waals surface area contributed by atoms with Crippen LogP contribution in [0.3, 0.4) is 0 Å². The van der Waals surface area contributed by atoms with E-state index in [0.717, 1.165) is 27.0 Å². The van der Waals surface area contributed by atoms with Gasteiger partial charge in [0.15, 0.2) is 0 Å². The zero-order chi connectivity index (χ0) is 12.3. The normalized spacial score (nSPS) is 10.4. The van der Waals surface area contributed by atoms with Crippen LogP contribution in [0.25, 0.3) is 0 Å². The molecule has 0 spiro atoms. The van der Waals surface area contributed by atoms with Crippen LogP contribution in [0, 0.1) is 0 Å². The van der Waals surface area contributed by atoms with Crippen LogP contribution >= 0.6 is 34.3 Å². The van der Waals surface area contributed by atoms with E-state index in [0.29, 0.717) is 11.7 Å². The number of nitrogens with one attached hydrogen (secondary N) is 1. The molecule has 0 aliphatic carbocycles. The zero-order valence-electron chi connectivity index (χ0n) is 8.64. The monoisotopic (exact) mass is 288 g/mol. The topological polar surface area (TPSA) is 80.9 Å². The number of carbonyl (C=O) groups is 1. The summed E-state index contributed by atoms with van der Waals surface area (Å²) in [6.07, 6.45) is 0.747. The molecule has 17 heavy (non-hydrogen) atoms. The highest BCUT2D eigenvalue weighted by atomic mass is 35.5. The van der Waals surface area contributed by atoms with Crippen molar-refractivity contribution < 1.29 is 4.79 Å². The van der Waals surface area contributed by atoms with Gasteiger partial charge in [-0.15, -0.1) is 21.5 Å². The van der Waals surface area contributed by atoms with Crippen molar-refractivity contribution in [2.45, 2.75) is 6.42 Å². The number of nitrogens with zero attached hydrogens (tertiary/aromatic N) is 2. The molecule has 2 aromatic rings. The van der Waals surface area contributed by atoms with Crippen LogP contribution in [0.1, 0.15) is 14.7 Å². The van der Waals surface area contributed by atoms with E-state index >= 15 is 0 Å². The Morgan fingerprint density at radius 1 is 1.41 bits per heavy atom. The van der Waals surface area contributed by atoms with Crippen LogP contribution in [0.5, 0.6) is 0 Å². The van der Waals surface area contributed by atoms with Gasteiger partial charge in [-0.2, -0.15) is 0 Å². The van der Waals surface area contributed by atoms with E-state index in [1.165, 1.54) is 11.3 Å². The fourth-order valence-electron chi connectivity index (χ4n) is 1.19. The van der Waals surface area contributed by atoms with Crippen molar-refractivity contribution in [3.8, 4) is 0 Å². The predicted molar refractivity (Wildman–Crippen MR) is 69.7 cm³/mol. The fraction of sp³-hybridized carbons (Fsp3) is 0.222. The first-order chi connectivity index (χ1) is 8.15. The Labute approximate surface area is 111 Å².